The molecule has 4 rings (SSSR count). The fourth-order valence-electron chi connectivity index (χ4n) is 3.99. The minimum atomic E-state index is -0.566. The first kappa shape index (κ1) is 17.9. The summed E-state index contributed by atoms with van der Waals surface area (Å²) in [6.07, 6.45) is 3.76. The standard InChI is InChI=1S/C22H23F2N3/c1-15-5-2-3-6-16(15)13-27-10-4-7-17(14-27)22-20(12-25-26-22)19-9-8-18(23)11-21(19)24/h2-3,5-6,8-9,11-12,17H,4,7,10,13-14H2,1H3,(H,25,26)/t17-/m0/s1. The minimum absolute atomic E-state index is 0.254. The quantitative estimate of drug-likeness (QED) is 0.700. The first-order valence-corrected chi connectivity index (χ1v) is 9.37. The van der Waals surface area contributed by atoms with Crippen molar-refractivity contribution < 1.29 is 8.78 Å². The number of rotatable bonds is 4. The van der Waals surface area contributed by atoms with Crippen LogP contribution in [0.3, 0.4) is 0 Å². The van der Waals surface area contributed by atoms with Gasteiger partial charge in [0.05, 0.1) is 6.20 Å². The normalized spacial score (nSPS) is 18.0. The predicted octanol–water partition coefficient (Wildman–Crippen LogP) is 5.04. The Morgan fingerprint density at radius 2 is 2.00 bits per heavy atom. The molecule has 27 heavy (non-hydrogen) atoms. The Morgan fingerprint density at radius 3 is 2.81 bits per heavy atom. The molecule has 0 bridgehead atoms. The number of piperidine rings is 1. The van der Waals surface area contributed by atoms with Crippen molar-refractivity contribution in [1.82, 2.24) is 15.1 Å². The second-order valence-corrected chi connectivity index (χ2v) is 7.32. The van der Waals surface area contributed by atoms with Gasteiger partial charge in [-0.05, 0) is 49.6 Å². The highest BCUT2D eigenvalue weighted by Gasteiger charge is 2.26. The zero-order valence-electron chi connectivity index (χ0n) is 15.4. The van der Waals surface area contributed by atoms with Gasteiger partial charge in [-0.15, -0.1) is 0 Å². The molecule has 3 aromatic rings. The maximum absolute atomic E-state index is 14.3. The molecule has 0 unspecified atom stereocenters. The highest BCUT2D eigenvalue weighted by atomic mass is 19.1. The second-order valence-electron chi connectivity index (χ2n) is 7.32. The summed E-state index contributed by atoms with van der Waals surface area (Å²) >= 11 is 0. The Kier molecular flexibility index (Phi) is 5.03. The van der Waals surface area contributed by atoms with Crippen LogP contribution in [-0.2, 0) is 6.54 Å². The van der Waals surface area contributed by atoms with Crippen LogP contribution in [0.15, 0.2) is 48.7 Å². The lowest BCUT2D eigenvalue weighted by atomic mass is 9.90. The number of aromatic amines is 1. The highest BCUT2D eigenvalue weighted by Crippen LogP contribution is 2.34. The van der Waals surface area contributed by atoms with Crippen molar-refractivity contribution in [3.05, 3.63) is 77.1 Å². The van der Waals surface area contributed by atoms with Crippen molar-refractivity contribution in [2.24, 2.45) is 0 Å². The fraction of sp³-hybridized carbons (Fsp3) is 0.318. The molecule has 2 heterocycles. The third kappa shape index (κ3) is 3.78. The van der Waals surface area contributed by atoms with E-state index in [4.69, 9.17) is 0 Å². The van der Waals surface area contributed by atoms with Gasteiger partial charge in [0, 0.05) is 41.9 Å². The molecule has 0 amide bonds. The number of benzene rings is 2. The summed E-state index contributed by atoms with van der Waals surface area (Å²) in [6, 6.07) is 12.2. The second kappa shape index (κ2) is 7.61. The number of hydrogen-bond acceptors (Lipinski definition) is 2. The number of nitrogens with one attached hydrogen (secondary N) is 1. The van der Waals surface area contributed by atoms with E-state index < -0.39 is 11.6 Å². The lowest BCUT2D eigenvalue weighted by molar-refractivity contribution is 0.198. The Labute approximate surface area is 158 Å². The van der Waals surface area contributed by atoms with Crippen molar-refractivity contribution in [2.75, 3.05) is 13.1 Å². The fourth-order valence-corrected chi connectivity index (χ4v) is 3.99. The summed E-state index contributed by atoms with van der Waals surface area (Å²) in [5.74, 6) is -0.863. The third-order valence-corrected chi connectivity index (χ3v) is 5.46. The highest BCUT2D eigenvalue weighted by molar-refractivity contribution is 5.66. The van der Waals surface area contributed by atoms with Crippen LogP contribution in [0.4, 0.5) is 8.78 Å². The van der Waals surface area contributed by atoms with Gasteiger partial charge < -0.3 is 0 Å². The molecule has 1 atom stereocenters. The summed E-state index contributed by atoms with van der Waals surface area (Å²) in [4.78, 5) is 2.45. The molecular formula is C22H23F2N3. The Bertz CT molecular complexity index is 935. The number of nitrogens with zero attached hydrogens (tertiary/aromatic N) is 2. The van der Waals surface area contributed by atoms with Crippen molar-refractivity contribution >= 4 is 0 Å². The van der Waals surface area contributed by atoms with E-state index in [1.165, 1.54) is 23.3 Å². The molecule has 140 valence electrons. The van der Waals surface area contributed by atoms with Crippen LogP contribution in [0.5, 0.6) is 0 Å². The lowest BCUT2D eigenvalue weighted by Gasteiger charge is -2.33. The van der Waals surface area contributed by atoms with E-state index >= 15 is 0 Å². The minimum Gasteiger partial charge on any atom is -0.298 e. The molecule has 1 fully saturated rings. The Morgan fingerprint density at radius 1 is 1.15 bits per heavy atom. The number of aromatic nitrogens is 2. The maximum atomic E-state index is 14.3. The van der Waals surface area contributed by atoms with E-state index in [2.05, 4.69) is 46.3 Å². The molecule has 5 heteroatoms. The zero-order valence-corrected chi connectivity index (χ0v) is 15.4. The van der Waals surface area contributed by atoms with Gasteiger partial charge in [-0.1, -0.05) is 24.3 Å². The van der Waals surface area contributed by atoms with Gasteiger partial charge in [-0.3, -0.25) is 10.00 Å². The number of likely N-dealkylation sites (tertiary alicyclic amines) is 1. The molecule has 0 aliphatic carbocycles. The van der Waals surface area contributed by atoms with E-state index in [9.17, 15) is 8.78 Å². The Balaban J connectivity index is 1.56. The molecule has 1 aliphatic heterocycles. The third-order valence-electron chi connectivity index (χ3n) is 5.46. The molecule has 3 nitrogen and oxygen atoms in total. The van der Waals surface area contributed by atoms with Gasteiger partial charge in [-0.2, -0.15) is 5.10 Å². The van der Waals surface area contributed by atoms with Gasteiger partial charge in [0.2, 0.25) is 0 Å². The molecule has 1 aliphatic rings. The molecule has 1 aromatic heterocycles. The predicted molar refractivity (Wildman–Crippen MR) is 102 cm³/mol. The zero-order chi connectivity index (χ0) is 18.8. The van der Waals surface area contributed by atoms with Crippen molar-refractivity contribution in [1.29, 1.82) is 0 Å². The van der Waals surface area contributed by atoms with Gasteiger partial charge in [0.15, 0.2) is 0 Å². The molecule has 1 N–H and O–H groups in total. The topological polar surface area (TPSA) is 31.9 Å². The Hall–Kier alpha value is -2.53. The van der Waals surface area contributed by atoms with Crippen LogP contribution < -0.4 is 0 Å². The average Bonchev–Trinajstić information content (AvgIpc) is 3.13. The smallest absolute Gasteiger partial charge is 0.134 e. The van der Waals surface area contributed by atoms with Crippen LogP contribution in [0.25, 0.3) is 11.1 Å². The summed E-state index contributed by atoms with van der Waals surface area (Å²) in [6.45, 7) is 5.00. The van der Waals surface area contributed by atoms with Gasteiger partial charge in [-0.25, -0.2) is 8.78 Å². The van der Waals surface area contributed by atoms with E-state index in [0.29, 0.717) is 5.56 Å². The largest absolute Gasteiger partial charge is 0.298 e. The number of hydrogen-bond donors (Lipinski definition) is 1. The molecule has 2 aromatic carbocycles. The van der Waals surface area contributed by atoms with Gasteiger partial charge in [0.25, 0.3) is 0 Å². The van der Waals surface area contributed by atoms with Crippen molar-refractivity contribution in [3.63, 3.8) is 0 Å². The van der Waals surface area contributed by atoms with Crippen LogP contribution in [0.2, 0.25) is 0 Å². The number of aryl methyl sites for hydroxylation is 1. The summed E-state index contributed by atoms with van der Waals surface area (Å²) in [7, 11) is 0. The van der Waals surface area contributed by atoms with Crippen LogP contribution in [0, 0.1) is 18.6 Å². The molecule has 0 saturated carbocycles. The van der Waals surface area contributed by atoms with Gasteiger partial charge in [0.1, 0.15) is 11.6 Å². The monoisotopic (exact) mass is 367 g/mol. The summed E-state index contributed by atoms with van der Waals surface area (Å²) in [5.41, 5.74) is 4.71. The van der Waals surface area contributed by atoms with Crippen LogP contribution >= 0.6 is 0 Å². The average molecular weight is 367 g/mol. The number of halogens is 2. The summed E-state index contributed by atoms with van der Waals surface area (Å²) in [5, 5.41) is 7.23. The SMILES string of the molecule is Cc1ccccc1CN1CCC[C@H](c2[nH]ncc2-c2ccc(F)cc2F)C1. The van der Waals surface area contributed by atoms with Crippen LogP contribution in [0.1, 0.15) is 35.6 Å². The summed E-state index contributed by atoms with van der Waals surface area (Å²) < 4.78 is 27.5. The van der Waals surface area contributed by atoms with Crippen molar-refractivity contribution in [2.45, 2.75) is 32.2 Å². The maximum Gasteiger partial charge on any atom is 0.134 e. The van der Waals surface area contributed by atoms with Crippen LogP contribution in [-0.4, -0.2) is 28.2 Å². The molecule has 0 spiro atoms. The molecule has 0 radical (unpaired) electrons. The van der Waals surface area contributed by atoms with E-state index in [-0.39, 0.29) is 5.92 Å². The number of H-pyrrole nitrogens is 1. The van der Waals surface area contributed by atoms with E-state index in [0.717, 1.165) is 49.8 Å². The van der Waals surface area contributed by atoms with E-state index in [1.54, 1.807) is 6.20 Å². The first-order chi connectivity index (χ1) is 13.1. The molecule has 1 saturated heterocycles. The first-order valence-electron chi connectivity index (χ1n) is 9.37. The molecular weight excluding hydrogens is 344 g/mol. The van der Waals surface area contributed by atoms with Gasteiger partial charge >= 0.3 is 0 Å². The van der Waals surface area contributed by atoms with E-state index in [1.807, 2.05) is 0 Å². The van der Waals surface area contributed by atoms with Crippen molar-refractivity contribution in [3.8, 4) is 11.1 Å². The lowest BCUT2D eigenvalue weighted by Crippen LogP contribution is -2.34.